The van der Waals surface area contributed by atoms with Crippen molar-refractivity contribution < 1.29 is 19.1 Å². The number of primary amides is 1. The van der Waals surface area contributed by atoms with Crippen LogP contribution >= 0.6 is 11.3 Å². The number of aryl methyl sites for hydroxylation is 1. The predicted molar refractivity (Wildman–Crippen MR) is 117 cm³/mol. The Hall–Kier alpha value is -2.58. The lowest BCUT2D eigenvalue weighted by molar-refractivity contribution is -0.117. The number of amides is 2. The van der Waals surface area contributed by atoms with Gasteiger partial charge in [0.2, 0.25) is 5.91 Å². The highest BCUT2D eigenvalue weighted by atomic mass is 32.1. The van der Waals surface area contributed by atoms with Gasteiger partial charge in [-0.2, -0.15) is 0 Å². The van der Waals surface area contributed by atoms with Crippen molar-refractivity contribution in [3.05, 3.63) is 39.8 Å². The van der Waals surface area contributed by atoms with E-state index in [1.54, 1.807) is 14.2 Å². The highest BCUT2D eigenvalue weighted by Crippen LogP contribution is 2.40. The van der Waals surface area contributed by atoms with Gasteiger partial charge in [0, 0.05) is 16.5 Å². The van der Waals surface area contributed by atoms with Crippen LogP contribution in [0.15, 0.2) is 18.2 Å². The van der Waals surface area contributed by atoms with E-state index in [4.69, 9.17) is 15.2 Å². The zero-order valence-electron chi connectivity index (χ0n) is 17.3. The maximum Gasteiger partial charge on any atom is 0.251 e. The van der Waals surface area contributed by atoms with Crippen molar-refractivity contribution in [2.75, 3.05) is 32.6 Å². The Labute approximate surface area is 180 Å². The van der Waals surface area contributed by atoms with E-state index in [0.29, 0.717) is 10.6 Å². The van der Waals surface area contributed by atoms with Crippen molar-refractivity contribution in [1.29, 1.82) is 0 Å². The van der Waals surface area contributed by atoms with Crippen molar-refractivity contribution in [3.8, 4) is 11.5 Å². The summed E-state index contributed by atoms with van der Waals surface area (Å²) in [5.74, 6) is 0.955. The number of anilines is 1. The topological polar surface area (TPSA) is 93.9 Å². The molecule has 1 aliphatic carbocycles. The second-order valence-corrected chi connectivity index (χ2v) is 8.82. The minimum Gasteiger partial charge on any atom is -0.497 e. The monoisotopic (exact) mass is 429 g/mol. The number of hydrogen-bond acceptors (Lipinski definition) is 6. The van der Waals surface area contributed by atoms with Gasteiger partial charge in [-0.05, 0) is 62.4 Å². The molecular weight excluding hydrogens is 402 g/mol. The molecule has 2 amide bonds. The molecule has 1 unspecified atom stereocenters. The number of ether oxygens (including phenoxy) is 2. The van der Waals surface area contributed by atoms with Crippen molar-refractivity contribution in [2.45, 2.75) is 38.1 Å². The number of thiophene rings is 1. The SMILES string of the molecule is COc1ccc(OC)c(C2CCCN2CC(=O)Nc2sc3c(c2C(N)=O)CCC3)c1. The zero-order valence-corrected chi connectivity index (χ0v) is 18.1. The molecule has 1 aromatic carbocycles. The maximum absolute atomic E-state index is 12.9. The fourth-order valence-corrected chi connectivity index (χ4v) is 5.88. The number of nitrogens with two attached hydrogens (primary N) is 1. The molecule has 1 fully saturated rings. The number of rotatable bonds is 7. The lowest BCUT2D eigenvalue weighted by Gasteiger charge is -2.26. The summed E-state index contributed by atoms with van der Waals surface area (Å²) >= 11 is 1.48. The number of hydrogen-bond donors (Lipinski definition) is 2. The van der Waals surface area contributed by atoms with Gasteiger partial charge in [0.25, 0.3) is 5.91 Å². The number of nitrogens with zero attached hydrogens (tertiary/aromatic N) is 1. The summed E-state index contributed by atoms with van der Waals surface area (Å²) in [6.07, 6.45) is 4.77. The first kappa shape index (κ1) is 20.7. The van der Waals surface area contributed by atoms with E-state index in [0.717, 1.165) is 61.3 Å². The van der Waals surface area contributed by atoms with E-state index < -0.39 is 5.91 Å². The molecule has 0 spiro atoms. The second kappa shape index (κ2) is 8.65. The van der Waals surface area contributed by atoms with Crippen molar-refractivity contribution in [1.82, 2.24) is 4.90 Å². The molecule has 0 bridgehead atoms. The third kappa shape index (κ3) is 3.89. The van der Waals surface area contributed by atoms with E-state index in [9.17, 15) is 9.59 Å². The van der Waals surface area contributed by atoms with Crippen LogP contribution in [0.1, 0.15) is 51.7 Å². The van der Waals surface area contributed by atoms with Crippen LogP contribution in [-0.4, -0.2) is 44.0 Å². The number of likely N-dealkylation sites (tertiary alicyclic amines) is 1. The quantitative estimate of drug-likeness (QED) is 0.705. The van der Waals surface area contributed by atoms with Crippen LogP contribution in [0.25, 0.3) is 0 Å². The molecule has 1 atom stereocenters. The van der Waals surface area contributed by atoms with Gasteiger partial charge in [-0.1, -0.05) is 0 Å². The summed E-state index contributed by atoms with van der Waals surface area (Å²) in [7, 11) is 3.29. The first-order valence-electron chi connectivity index (χ1n) is 10.2. The molecule has 1 aliphatic heterocycles. The van der Waals surface area contributed by atoms with Crippen molar-refractivity contribution in [3.63, 3.8) is 0 Å². The summed E-state index contributed by atoms with van der Waals surface area (Å²) in [6.45, 7) is 1.06. The Kier molecular flexibility index (Phi) is 5.97. The standard InChI is InChI=1S/C22H27N3O4S/c1-28-13-8-9-17(29-2)15(11-13)16-6-4-10-25(16)12-19(26)24-22-20(21(23)27)14-5-3-7-18(14)30-22/h8-9,11,16H,3-7,10,12H2,1-2H3,(H2,23,27)(H,24,26). The summed E-state index contributed by atoms with van der Waals surface area (Å²) in [4.78, 5) is 28.2. The largest absolute Gasteiger partial charge is 0.497 e. The van der Waals surface area contributed by atoms with Crippen LogP contribution in [0, 0.1) is 0 Å². The van der Waals surface area contributed by atoms with Gasteiger partial charge in [-0.15, -0.1) is 11.3 Å². The van der Waals surface area contributed by atoms with E-state index >= 15 is 0 Å². The van der Waals surface area contributed by atoms with Gasteiger partial charge in [0.05, 0.1) is 26.3 Å². The maximum atomic E-state index is 12.9. The smallest absolute Gasteiger partial charge is 0.251 e. The Balaban J connectivity index is 1.51. The predicted octanol–water partition coefficient (Wildman–Crippen LogP) is 3.13. The molecule has 30 heavy (non-hydrogen) atoms. The summed E-state index contributed by atoms with van der Waals surface area (Å²) in [5.41, 5.74) is 8.14. The number of methoxy groups -OCH3 is 2. The number of carbonyl (C=O) groups is 2. The summed E-state index contributed by atoms with van der Waals surface area (Å²) < 4.78 is 10.9. The lowest BCUT2D eigenvalue weighted by atomic mass is 10.0. The Bertz CT molecular complexity index is 972. The molecule has 7 nitrogen and oxygen atoms in total. The van der Waals surface area contributed by atoms with E-state index in [2.05, 4.69) is 10.2 Å². The normalized spacial score (nSPS) is 18.3. The average molecular weight is 430 g/mol. The molecule has 0 saturated carbocycles. The minimum absolute atomic E-state index is 0.0738. The Morgan fingerprint density at radius 1 is 1.23 bits per heavy atom. The summed E-state index contributed by atoms with van der Waals surface area (Å²) in [6, 6.07) is 5.83. The first-order valence-corrected chi connectivity index (χ1v) is 11.0. The molecule has 2 aliphatic rings. The van der Waals surface area contributed by atoms with Crippen molar-refractivity contribution in [2.24, 2.45) is 5.73 Å². The van der Waals surface area contributed by atoms with E-state index in [1.165, 1.54) is 16.2 Å². The number of nitrogens with one attached hydrogen (secondary N) is 1. The van der Waals surface area contributed by atoms with E-state index in [-0.39, 0.29) is 18.5 Å². The molecular formula is C22H27N3O4S. The molecule has 8 heteroatoms. The minimum atomic E-state index is -0.468. The fraction of sp³-hybridized carbons (Fsp3) is 0.455. The van der Waals surface area contributed by atoms with Crippen LogP contribution in [0.4, 0.5) is 5.00 Å². The molecule has 1 saturated heterocycles. The molecule has 1 aromatic heterocycles. The first-order chi connectivity index (χ1) is 14.5. The van der Waals surface area contributed by atoms with Gasteiger partial charge in [0.1, 0.15) is 16.5 Å². The van der Waals surface area contributed by atoms with Crippen LogP contribution in [0.5, 0.6) is 11.5 Å². The summed E-state index contributed by atoms with van der Waals surface area (Å²) in [5, 5.41) is 3.54. The second-order valence-electron chi connectivity index (χ2n) is 7.71. The number of fused-ring (bicyclic) bond motifs is 1. The number of benzene rings is 1. The molecule has 4 rings (SSSR count). The Morgan fingerprint density at radius 2 is 2.07 bits per heavy atom. The molecule has 2 heterocycles. The highest BCUT2D eigenvalue weighted by Gasteiger charge is 2.31. The van der Waals surface area contributed by atoms with Crippen LogP contribution < -0.4 is 20.5 Å². The highest BCUT2D eigenvalue weighted by molar-refractivity contribution is 7.17. The van der Waals surface area contributed by atoms with Gasteiger partial charge in [-0.3, -0.25) is 14.5 Å². The van der Waals surface area contributed by atoms with Crippen molar-refractivity contribution >= 4 is 28.2 Å². The molecule has 0 radical (unpaired) electrons. The van der Waals surface area contributed by atoms with Crippen LogP contribution in [0.3, 0.4) is 0 Å². The van der Waals surface area contributed by atoms with Gasteiger partial charge in [0.15, 0.2) is 0 Å². The molecule has 3 N–H and O–H groups in total. The van der Waals surface area contributed by atoms with Gasteiger partial charge in [-0.25, -0.2) is 0 Å². The third-order valence-electron chi connectivity index (χ3n) is 5.93. The van der Waals surface area contributed by atoms with Crippen LogP contribution in [0.2, 0.25) is 0 Å². The fourth-order valence-electron chi connectivity index (χ4n) is 4.57. The van der Waals surface area contributed by atoms with Gasteiger partial charge >= 0.3 is 0 Å². The number of carbonyl (C=O) groups excluding carboxylic acids is 2. The average Bonchev–Trinajstić information content (AvgIpc) is 3.43. The molecule has 2 aromatic rings. The Morgan fingerprint density at radius 3 is 2.80 bits per heavy atom. The van der Waals surface area contributed by atoms with Crippen LogP contribution in [-0.2, 0) is 17.6 Å². The van der Waals surface area contributed by atoms with Gasteiger partial charge < -0.3 is 20.5 Å². The lowest BCUT2D eigenvalue weighted by Crippen LogP contribution is -2.33. The molecule has 160 valence electrons. The third-order valence-corrected chi connectivity index (χ3v) is 7.13. The zero-order chi connectivity index (χ0) is 21.3. The van der Waals surface area contributed by atoms with E-state index in [1.807, 2.05) is 18.2 Å².